The van der Waals surface area contributed by atoms with E-state index in [-0.39, 0.29) is 11.4 Å². The van der Waals surface area contributed by atoms with Gasteiger partial charge in [-0.15, -0.1) is 0 Å². The smallest absolute Gasteiger partial charge is 0.322 e. The fourth-order valence-electron chi connectivity index (χ4n) is 2.32. The van der Waals surface area contributed by atoms with Gasteiger partial charge in [-0.25, -0.2) is 8.42 Å². The van der Waals surface area contributed by atoms with E-state index in [0.717, 1.165) is 4.31 Å². The summed E-state index contributed by atoms with van der Waals surface area (Å²) in [5, 5.41) is 13.2. The van der Waals surface area contributed by atoms with Crippen LogP contribution in [0.2, 0.25) is 0 Å². The molecule has 0 bridgehead atoms. The van der Waals surface area contributed by atoms with Crippen LogP contribution in [-0.2, 0) is 21.4 Å². The molecule has 1 aromatic rings. The van der Waals surface area contributed by atoms with Gasteiger partial charge in [-0.05, 0) is 26.7 Å². The highest BCUT2D eigenvalue weighted by Gasteiger charge is 2.40. The number of hydrogen-bond acceptors (Lipinski definition) is 4. The summed E-state index contributed by atoms with van der Waals surface area (Å²) in [5.74, 6) is -1.10. The number of sulfonamides is 1. The molecule has 0 spiro atoms. The van der Waals surface area contributed by atoms with Gasteiger partial charge in [0, 0.05) is 19.3 Å². The van der Waals surface area contributed by atoms with E-state index in [1.54, 1.807) is 6.92 Å². The van der Waals surface area contributed by atoms with Crippen molar-refractivity contribution in [3.05, 3.63) is 11.9 Å². The third-order valence-corrected chi connectivity index (χ3v) is 5.31. The highest BCUT2D eigenvalue weighted by molar-refractivity contribution is 7.89. The summed E-state index contributed by atoms with van der Waals surface area (Å²) in [5.41, 5.74) is 0.401. The van der Waals surface area contributed by atoms with Gasteiger partial charge in [0.1, 0.15) is 10.9 Å². The maximum absolute atomic E-state index is 12.5. The molecular weight excluding hydrogens is 270 g/mol. The highest BCUT2D eigenvalue weighted by Crippen LogP contribution is 2.27. The number of carboxylic acid groups (broad SMARTS) is 1. The van der Waals surface area contributed by atoms with Gasteiger partial charge in [-0.3, -0.25) is 9.48 Å². The number of aromatic nitrogens is 2. The number of carboxylic acids is 1. The molecule has 1 aromatic heterocycles. The van der Waals surface area contributed by atoms with Gasteiger partial charge < -0.3 is 5.11 Å². The highest BCUT2D eigenvalue weighted by atomic mass is 32.2. The van der Waals surface area contributed by atoms with E-state index < -0.39 is 22.0 Å². The molecule has 0 saturated carbocycles. The van der Waals surface area contributed by atoms with Gasteiger partial charge in [0.25, 0.3) is 0 Å². The zero-order valence-electron chi connectivity index (χ0n) is 10.9. The van der Waals surface area contributed by atoms with E-state index in [1.807, 2.05) is 6.92 Å². The minimum absolute atomic E-state index is 0.0995. The maximum atomic E-state index is 12.5. The van der Waals surface area contributed by atoms with Gasteiger partial charge in [-0.1, -0.05) is 0 Å². The quantitative estimate of drug-likeness (QED) is 0.868. The summed E-state index contributed by atoms with van der Waals surface area (Å²) >= 11 is 0. The normalized spacial score (nSPS) is 20.8. The van der Waals surface area contributed by atoms with E-state index in [0.29, 0.717) is 25.1 Å². The van der Waals surface area contributed by atoms with E-state index in [2.05, 4.69) is 5.10 Å². The molecule has 7 nitrogen and oxygen atoms in total. The molecule has 19 heavy (non-hydrogen) atoms. The van der Waals surface area contributed by atoms with E-state index in [1.165, 1.54) is 10.9 Å². The molecule has 0 aromatic carbocycles. The first-order valence-corrected chi connectivity index (χ1v) is 7.60. The van der Waals surface area contributed by atoms with Gasteiger partial charge in [0.05, 0.1) is 5.69 Å². The van der Waals surface area contributed by atoms with E-state index >= 15 is 0 Å². The Balaban J connectivity index is 2.41. The zero-order valence-corrected chi connectivity index (χ0v) is 11.7. The summed E-state index contributed by atoms with van der Waals surface area (Å²) in [6, 6.07) is -0.964. The standard InChI is InChI=1S/C11H17N3O4S/c1-3-13-7-10(8(2)12-13)19(17,18)14-6-4-5-9(14)11(15)16/h7,9H,3-6H2,1-2H3,(H,15,16). The lowest BCUT2D eigenvalue weighted by Gasteiger charge is -2.20. The Kier molecular flexibility index (Phi) is 3.64. The Morgan fingerprint density at radius 1 is 1.58 bits per heavy atom. The molecule has 1 atom stereocenters. The number of aliphatic carboxylic acids is 1. The summed E-state index contributed by atoms with van der Waals surface area (Å²) in [4.78, 5) is 11.2. The molecule has 106 valence electrons. The molecule has 2 heterocycles. The third-order valence-electron chi connectivity index (χ3n) is 3.30. The van der Waals surface area contributed by atoms with Crippen molar-refractivity contribution in [1.29, 1.82) is 0 Å². The van der Waals surface area contributed by atoms with Crippen LogP contribution in [-0.4, -0.2) is 46.2 Å². The fourth-order valence-corrected chi connectivity index (χ4v) is 4.14. The van der Waals surface area contributed by atoms with Crippen molar-refractivity contribution in [2.24, 2.45) is 0 Å². The predicted molar refractivity (Wildman–Crippen MR) is 67.2 cm³/mol. The van der Waals surface area contributed by atoms with Gasteiger partial charge >= 0.3 is 5.97 Å². The molecule has 0 amide bonds. The molecule has 0 radical (unpaired) electrons. The molecule has 1 unspecified atom stereocenters. The van der Waals surface area contributed by atoms with Crippen LogP contribution in [0.25, 0.3) is 0 Å². The SMILES string of the molecule is CCn1cc(S(=O)(=O)N2CCCC2C(=O)O)c(C)n1. The molecule has 1 saturated heterocycles. The molecule has 2 rings (SSSR count). The van der Waals surface area contributed by atoms with Crippen LogP contribution in [0.15, 0.2) is 11.1 Å². The minimum Gasteiger partial charge on any atom is -0.480 e. The van der Waals surface area contributed by atoms with Crippen molar-refractivity contribution < 1.29 is 18.3 Å². The van der Waals surface area contributed by atoms with Crippen LogP contribution in [0.5, 0.6) is 0 Å². The van der Waals surface area contributed by atoms with Gasteiger partial charge in [-0.2, -0.15) is 9.40 Å². The Bertz CT molecular complexity index is 593. The molecule has 1 aliphatic rings. The van der Waals surface area contributed by atoms with Crippen molar-refractivity contribution in [2.75, 3.05) is 6.54 Å². The second kappa shape index (κ2) is 4.93. The zero-order chi connectivity index (χ0) is 14.2. The number of aryl methyl sites for hydroxylation is 2. The molecule has 1 fully saturated rings. The topological polar surface area (TPSA) is 92.5 Å². The van der Waals surface area contributed by atoms with Crippen LogP contribution in [0, 0.1) is 6.92 Å². The molecule has 8 heteroatoms. The average Bonchev–Trinajstić information content (AvgIpc) is 2.94. The van der Waals surface area contributed by atoms with Gasteiger partial charge in [0.15, 0.2) is 0 Å². The predicted octanol–water partition coefficient (Wildman–Crippen LogP) is 0.449. The minimum atomic E-state index is -3.78. The monoisotopic (exact) mass is 287 g/mol. The van der Waals surface area contributed by atoms with E-state index in [4.69, 9.17) is 5.11 Å². The summed E-state index contributed by atoms with van der Waals surface area (Å²) in [6.45, 7) is 4.29. The molecule has 0 aliphatic carbocycles. The van der Waals surface area contributed by atoms with Crippen molar-refractivity contribution in [2.45, 2.75) is 44.2 Å². The Hall–Kier alpha value is -1.41. The summed E-state index contributed by atoms with van der Waals surface area (Å²) in [7, 11) is -3.78. The lowest BCUT2D eigenvalue weighted by atomic mass is 10.2. The Labute approximate surface area is 111 Å². The summed E-state index contributed by atoms with van der Waals surface area (Å²) in [6.07, 6.45) is 2.38. The third kappa shape index (κ3) is 2.37. The van der Waals surface area contributed by atoms with Crippen molar-refractivity contribution in [3.63, 3.8) is 0 Å². The lowest BCUT2D eigenvalue weighted by molar-refractivity contribution is -0.140. The van der Waals surface area contributed by atoms with Crippen LogP contribution >= 0.6 is 0 Å². The van der Waals surface area contributed by atoms with Crippen LogP contribution in [0.1, 0.15) is 25.5 Å². The maximum Gasteiger partial charge on any atom is 0.322 e. The molecule has 1 N–H and O–H groups in total. The lowest BCUT2D eigenvalue weighted by Crippen LogP contribution is -2.40. The Morgan fingerprint density at radius 2 is 2.26 bits per heavy atom. The van der Waals surface area contributed by atoms with Crippen molar-refractivity contribution in [3.8, 4) is 0 Å². The largest absolute Gasteiger partial charge is 0.480 e. The first-order valence-electron chi connectivity index (χ1n) is 6.16. The molecular formula is C11H17N3O4S. The number of rotatable bonds is 4. The van der Waals surface area contributed by atoms with Crippen molar-refractivity contribution in [1.82, 2.24) is 14.1 Å². The second-order valence-electron chi connectivity index (χ2n) is 4.55. The van der Waals surface area contributed by atoms with Crippen LogP contribution in [0.4, 0.5) is 0 Å². The first kappa shape index (κ1) is 14.0. The van der Waals surface area contributed by atoms with Crippen molar-refractivity contribution >= 4 is 16.0 Å². The first-order chi connectivity index (χ1) is 8.87. The Morgan fingerprint density at radius 3 is 2.79 bits per heavy atom. The van der Waals surface area contributed by atoms with E-state index in [9.17, 15) is 13.2 Å². The van der Waals surface area contributed by atoms with Crippen LogP contribution in [0.3, 0.4) is 0 Å². The number of hydrogen-bond donors (Lipinski definition) is 1. The van der Waals surface area contributed by atoms with Gasteiger partial charge in [0.2, 0.25) is 10.0 Å². The van der Waals surface area contributed by atoms with Crippen LogP contribution < -0.4 is 0 Å². The fraction of sp³-hybridized carbons (Fsp3) is 0.636. The number of nitrogens with zero attached hydrogens (tertiary/aromatic N) is 3. The summed E-state index contributed by atoms with van der Waals surface area (Å²) < 4.78 is 27.6. The second-order valence-corrected chi connectivity index (χ2v) is 6.41. The number of carbonyl (C=O) groups is 1. The average molecular weight is 287 g/mol. The molecule has 1 aliphatic heterocycles.